The molecule has 0 unspecified atom stereocenters. The molecule has 2 aliphatic heterocycles. The highest BCUT2D eigenvalue weighted by atomic mass is 16.2. The van der Waals surface area contributed by atoms with Crippen LogP contribution in [-0.2, 0) is 4.79 Å². The van der Waals surface area contributed by atoms with Crippen LogP contribution in [0, 0.1) is 12.8 Å². The lowest BCUT2D eigenvalue weighted by molar-refractivity contribution is -0.133. The van der Waals surface area contributed by atoms with Gasteiger partial charge in [0.15, 0.2) is 0 Å². The van der Waals surface area contributed by atoms with E-state index >= 15 is 0 Å². The van der Waals surface area contributed by atoms with Crippen LogP contribution in [0.2, 0.25) is 0 Å². The molecule has 2 aliphatic rings. The van der Waals surface area contributed by atoms with Gasteiger partial charge in [0.1, 0.15) is 5.56 Å². The number of nitrogens with one attached hydrogen (secondary N) is 1. The molecule has 2 saturated heterocycles. The summed E-state index contributed by atoms with van der Waals surface area (Å²) in [5.74, 6) is 0.547. The number of likely N-dealkylation sites (N-methyl/N-ethyl adjacent to an activating group) is 1. The van der Waals surface area contributed by atoms with Gasteiger partial charge in [-0.1, -0.05) is 6.92 Å². The second kappa shape index (κ2) is 9.37. The van der Waals surface area contributed by atoms with Gasteiger partial charge < -0.3 is 19.7 Å². The molecule has 7 heteroatoms. The summed E-state index contributed by atoms with van der Waals surface area (Å²) >= 11 is 0. The zero-order valence-corrected chi connectivity index (χ0v) is 17.1. The highest BCUT2D eigenvalue weighted by molar-refractivity contribution is 5.93. The van der Waals surface area contributed by atoms with E-state index in [9.17, 15) is 14.4 Å². The van der Waals surface area contributed by atoms with Gasteiger partial charge in [-0.05, 0) is 50.8 Å². The molecule has 3 heterocycles. The number of aryl methyl sites for hydroxylation is 1. The van der Waals surface area contributed by atoms with E-state index in [-0.39, 0.29) is 22.9 Å². The Bertz CT molecular complexity index is 744. The fraction of sp³-hybridized carbons (Fsp3) is 0.667. The molecule has 0 saturated carbocycles. The number of H-pyrrole nitrogens is 1. The van der Waals surface area contributed by atoms with E-state index in [1.165, 1.54) is 0 Å². The number of carbonyl (C=O) groups excluding carboxylic acids is 2. The van der Waals surface area contributed by atoms with Crippen LogP contribution in [0.25, 0.3) is 0 Å². The molecule has 154 valence electrons. The molecule has 0 aliphatic carbocycles. The SMILES string of the molecule is CCN1CCN(C(=O)CCC2CCN(C(=O)c3ccc(C)[nH]c3=O)CC2)CC1. The summed E-state index contributed by atoms with van der Waals surface area (Å²) in [6.45, 7) is 9.93. The normalized spacial score (nSPS) is 19.1. The summed E-state index contributed by atoms with van der Waals surface area (Å²) < 4.78 is 0. The third kappa shape index (κ3) is 5.01. The zero-order valence-electron chi connectivity index (χ0n) is 17.1. The van der Waals surface area contributed by atoms with E-state index < -0.39 is 0 Å². The van der Waals surface area contributed by atoms with Gasteiger partial charge >= 0.3 is 0 Å². The van der Waals surface area contributed by atoms with Crippen LogP contribution in [0.5, 0.6) is 0 Å². The lowest BCUT2D eigenvalue weighted by atomic mass is 9.91. The molecule has 1 aromatic heterocycles. The first kappa shape index (κ1) is 20.6. The maximum absolute atomic E-state index is 12.6. The van der Waals surface area contributed by atoms with Crippen molar-refractivity contribution in [3.63, 3.8) is 0 Å². The first-order chi connectivity index (χ1) is 13.5. The summed E-state index contributed by atoms with van der Waals surface area (Å²) in [7, 11) is 0. The Labute approximate surface area is 166 Å². The number of hydrogen-bond acceptors (Lipinski definition) is 4. The van der Waals surface area contributed by atoms with Crippen LogP contribution < -0.4 is 5.56 Å². The van der Waals surface area contributed by atoms with E-state index in [1.807, 2.05) is 4.90 Å². The van der Waals surface area contributed by atoms with Crippen LogP contribution in [0.4, 0.5) is 0 Å². The Balaban J connectivity index is 1.42. The lowest BCUT2D eigenvalue weighted by Crippen LogP contribution is -2.48. The number of hydrogen-bond donors (Lipinski definition) is 1. The van der Waals surface area contributed by atoms with Crippen LogP contribution in [-0.4, -0.2) is 77.3 Å². The van der Waals surface area contributed by atoms with Crippen molar-refractivity contribution in [3.8, 4) is 0 Å². The van der Waals surface area contributed by atoms with Gasteiger partial charge in [0.2, 0.25) is 5.91 Å². The minimum absolute atomic E-state index is 0.190. The van der Waals surface area contributed by atoms with Crippen LogP contribution in [0.15, 0.2) is 16.9 Å². The van der Waals surface area contributed by atoms with Crippen molar-refractivity contribution in [2.45, 2.75) is 39.5 Å². The number of piperazine rings is 1. The van der Waals surface area contributed by atoms with Gasteiger partial charge in [0.05, 0.1) is 0 Å². The molecule has 2 amide bonds. The standard InChI is InChI=1S/C21H32N4O3/c1-3-23-12-14-24(15-13-23)19(26)7-5-17-8-10-25(11-9-17)21(28)18-6-4-16(2)22-20(18)27/h4,6,17H,3,5,7-15H2,1-2H3,(H,22,27). The Morgan fingerprint density at radius 2 is 1.71 bits per heavy atom. The number of nitrogens with zero attached hydrogens (tertiary/aromatic N) is 3. The number of piperidine rings is 1. The summed E-state index contributed by atoms with van der Waals surface area (Å²) in [5.41, 5.74) is 0.646. The fourth-order valence-electron chi connectivity index (χ4n) is 4.13. The second-order valence-corrected chi connectivity index (χ2v) is 7.97. The highest BCUT2D eigenvalue weighted by Gasteiger charge is 2.26. The van der Waals surface area contributed by atoms with Crippen LogP contribution in [0.1, 0.15) is 48.7 Å². The first-order valence-corrected chi connectivity index (χ1v) is 10.5. The quantitative estimate of drug-likeness (QED) is 0.829. The van der Waals surface area contributed by atoms with Crippen molar-refractivity contribution < 1.29 is 9.59 Å². The Morgan fingerprint density at radius 1 is 1.04 bits per heavy atom. The number of carbonyl (C=O) groups is 2. The molecule has 2 fully saturated rings. The van der Waals surface area contributed by atoms with Gasteiger partial charge in [-0.2, -0.15) is 0 Å². The number of rotatable bonds is 5. The Kier molecular flexibility index (Phi) is 6.88. The molecule has 0 atom stereocenters. The number of likely N-dealkylation sites (tertiary alicyclic amines) is 1. The minimum atomic E-state index is -0.319. The summed E-state index contributed by atoms with van der Waals surface area (Å²) in [5, 5.41) is 0. The molecular weight excluding hydrogens is 356 g/mol. The van der Waals surface area contributed by atoms with Gasteiger partial charge in [-0.15, -0.1) is 0 Å². The molecule has 1 N–H and O–H groups in total. The highest BCUT2D eigenvalue weighted by Crippen LogP contribution is 2.23. The van der Waals surface area contributed by atoms with Crippen molar-refractivity contribution in [2.75, 3.05) is 45.8 Å². The van der Waals surface area contributed by atoms with E-state index in [1.54, 1.807) is 24.0 Å². The average Bonchev–Trinajstić information content (AvgIpc) is 2.72. The van der Waals surface area contributed by atoms with Crippen LogP contribution >= 0.6 is 0 Å². The van der Waals surface area contributed by atoms with Crippen molar-refractivity contribution >= 4 is 11.8 Å². The van der Waals surface area contributed by atoms with Crippen molar-refractivity contribution in [1.29, 1.82) is 0 Å². The summed E-state index contributed by atoms with van der Waals surface area (Å²) in [6, 6.07) is 3.37. The molecule has 7 nitrogen and oxygen atoms in total. The fourth-order valence-corrected chi connectivity index (χ4v) is 4.13. The van der Waals surface area contributed by atoms with E-state index in [4.69, 9.17) is 0 Å². The molecule has 0 spiro atoms. The molecule has 0 bridgehead atoms. The number of pyridine rings is 1. The van der Waals surface area contributed by atoms with Gasteiger partial charge in [0.25, 0.3) is 11.5 Å². The lowest BCUT2D eigenvalue weighted by Gasteiger charge is -2.35. The first-order valence-electron chi connectivity index (χ1n) is 10.5. The maximum atomic E-state index is 12.6. The molecule has 0 radical (unpaired) electrons. The van der Waals surface area contributed by atoms with Gasteiger partial charge in [-0.25, -0.2) is 0 Å². The Morgan fingerprint density at radius 3 is 2.32 bits per heavy atom. The number of aromatic nitrogens is 1. The summed E-state index contributed by atoms with van der Waals surface area (Å²) in [4.78, 5) is 45.9. The topological polar surface area (TPSA) is 76.7 Å². The van der Waals surface area contributed by atoms with Crippen molar-refractivity contribution in [1.82, 2.24) is 19.7 Å². The predicted molar refractivity (Wildman–Crippen MR) is 108 cm³/mol. The summed E-state index contributed by atoms with van der Waals surface area (Å²) in [6.07, 6.45) is 3.28. The van der Waals surface area contributed by atoms with Crippen molar-refractivity contribution in [3.05, 3.63) is 33.7 Å². The molecule has 28 heavy (non-hydrogen) atoms. The third-order valence-electron chi connectivity index (χ3n) is 6.13. The molecule has 1 aromatic rings. The molecular formula is C21H32N4O3. The smallest absolute Gasteiger partial charge is 0.260 e. The van der Waals surface area contributed by atoms with Crippen LogP contribution in [0.3, 0.4) is 0 Å². The third-order valence-corrected chi connectivity index (χ3v) is 6.13. The van der Waals surface area contributed by atoms with E-state index in [2.05, 4.69) is 16.8 Å². The van der Waals surface area contributed by atoms with Gasteiger partial charge in [-0.3, -0.25) is 14.4 Å². The molecule has 3 rings (SSSR count). The monoisotopic (exact) mass is 388 g/mol. The Hall–Kier alpha value is -2.15. The second-order valence-electron chi connectivity index (χ2n) is 7.97. The zero-order chi connectivity index (χ0) is 20.1. The van der Waals surface area contributed by atoms with Gasteiger partial charge in [0, 0.05) is 51.4 Å². The predicted octanol–water partition coefficient (Wildman–Crippen LogP) is 1.48. The molecule has 0 aromatic carbocycles. The minimum Gasteiger partial charge on any atom is -0.340 e. The average molecular weight is 389 g/mol. The largest absolute Gasteiger partial charge is 0.340 e. The number of aromatic amines is 1. The van der Waals surface area contributed by atoms with E-state index in [0.717, 1.165) is 57.7 Å². The van der Waals surface area contributed by atoms with Crippen molar-refractivity contribution in [2.24, 2.45) is 5.92 Å². The van der Waals surface area contributed by atoms with E-state index in [0.29, 0.717) is 25.4 Å². The number of amides is 2. The maximum Gasteiger partial charge on any atom is 0.260 e.